The molecule has 0 aliphatic carbocycles. The molecule has 142 valence electrons. The molecule has 0 saturated heterocycles. The number of ether oxygens (including phenoxy) is 1. The van der Waals surface area contributed by atoms with Gasteiger partial charge < -0.3 is 14.3 Å². The van der Waals surface area contributed by atoms with Crippen LogP contribution in [0.15, 0.2) is 50.5 Å². The second-order valence-electron chi connectivity index (χ2n) is 6.39. The first-order valence-corrected chi connectivity index (χ1v) is 9.86. The van der Waals surface area contributed by atoms with E-state index in [1.54, 1.807) is 12.1 Å². The number of oxazole rings is 1. The second kappa shape index (κ2) is 6.52. The van der Waals surface area contributed by atoms with Gasteiger partial charge in [0, 0.05) is 20.0 Å². The zero-order chi connectivity index (χ0) is 19.2. The molecular formula is C18H18N2O6S. The quantitative estimate of drug-likeness (QED) is 0.674. The number of aromatic nitrogens is 1. The molecule has 1 aliphatic rings. The lowest BCUT2D eigenvalue weighted by atomic mass is 10.0. The van der Waals surface area contributed by atoms with Gasteiger partial charge in [0.25, 0.3) is 0 Å². The topological polar surface area (TPSA) is 111 Å². The fourth-order valence-electron chi connectivity index (χ4n) is 3.08. The highest BCUT2D eigenvalue weighted by molar-refractivity contribution is 7.89. The molecule has 2 N–H and O–H groups in total. The van der Waals surface area contributed by atoms with Gasteiger partial charge in [-0.1, -0.05) is 6.07 Å². The van der Waals surface area contributed by atoms with E-state index in [0.29, 0.717) is 23.3 Å². The molecule has 1 aromatic heterocycles. The van der Waals surface area contributed by atoms with Gasteiger partial charge in [0.15, 0.2) is 5.58 Å². The molecule has 0 saturated carbocycles. The van der Waals surface area contributed by atoms with Gasteiger partial charge in [-0.25, -0.2) is 17.9 Å². The average molecular weight is 390 g/mol. The number of nitrogens with zero attached hydrogens (tertiary/aromatic N) is 1. The van der Waals surface area contributed by atoms with Crippen LogP contribution in [0, 0.1) is 0 Å². The lowest BCUT2D eigenvalue weighted by molar-refractivity contribution is 0.182. The summed E-state index contributed by atoms with van der Waals surface area (Å²) in [7, 11) is -2.37. The molecule has 3 aromatic rings. The Morgan fingerprint density at radius 2 is 2.07 bits per heavy atom. The van der Waals surface area contributed by atoms with E-state index in [9.17, 15) is 18.3 Å². The van der Waals surface area contributed by atoms with Gasteiger partial charge >= 0.3 is 5.76 Å². The Balaban J connectivity index is 1.53. The van der Waals surface area contributed by atoms with Crippen LogP contribution in [0.2, 0.25) is 0 Å². The molecule has 2 aromatic carbocycles. The van der Waals surface area contributed by atoms with Gasteiger partial charge in [-0.05, 0) is 41.5 Å². The van der Waals surface area contributed by atoms with Crippen molar-refractivity contribution in [3.05, 3.63) is 58.1 Å². The summed E-state index contributed by atoms with van der Waals surface area (Å²) in [5, 5.41) is 10.4. The Labute approximate surface area is 155 Å². The van der Waals surface area contributed by atoms with E-state index in [2.05, 4.69) is 4.72 Å². The molecule has 0 bridgehead atoms. The summed E-state index contributed by atoms with van der Waals surface area (Å²) in [6, 6.07) is 9.48. The lowest BCUT2D eigenvalue weighted by Crippen LogP contribution is -2.28. The fraction of sp³-hybridized carbons (Fsp3) is 0.278. The maximum absolute atomic E-state index is 12.6. The zero-order valence-corrected chi connectivity index (χ0v) is 15.3. The van der Waals surface area contributed by atoms with E-state index in [1.165, 1.54) is 29.8 Å². The maximum atomic E-state index is 12.6. The number of fused-ring (bicyclic) bond motifs is 2. The Morgan fingerprint density at radius 1 is 1.26 bits per heavy atom. The molecular weight excluding hydrogens is 372 g/mol. The number of aliphatic hydroxyl groups excluding tert-OH is 1. The van der Waals surface area contributed by atoms with E-state index in [-0.39, 0.29) is 11.4 Å². The third-order valence-corrected chi connectivity index (χ3v) is 6.06. The molecule has 0 fully saturated rings. The monoisotopic (exact) mass is 390 g/mol. The number of rotatable bonds is 5. The highest BCUT2D eigenvalue weighted by Gasteiger charge is 2.20. The summed E-state index contributed by atoms with van der Waals surface area (Å²) in [4.78, 5) is 11.5. The molecule has 8 nitrogen and oxygen atoms in total. The molecule has 1 atom stereocenters. The van der Waals surface area contributed by atoms with Crippen LogP contribution in [0.3, 0.4) is 0 Å². The Hall–Kier alpha value is -2.62. The van der Waals surface area contributed by atoms with Crippen molar-refractivity contribution in [3.63, 3.8) is 0 Å². The number of aliphatic hydroxyl groups is 1. The predicted molar refractivity (Wildman–Crippen MR) is 97.2 cm³/mol. The summed E-state index contributed by atoms with van der Waals surface area (Å²) >= 11 is 0. The van der Waals surface area contributed by atoms with Crippen LogP contribution >= 0.6 is 0 Å². The van der Waals surface area contributed by atoms with Crippen molar-refractivity contribution < 1.29 is 22.7 Å². The molecule has 0 spiro atoms. The number of nitrogens with one attached hydrogen (secondary N) is 1. The van der Waals surface area contributed by atoms with E-state index in [1.807, 2.05) is 6.07 Å². The molecule has 4 rings (SSSR count). The standard InChI is InChI=1S/C18H18N2O6S/c1-20-14-9-13(3-5-17(14)26-18(20)22)27(23,24)19-10-15(21)11-2-4-16-12(8-11)6-7-25-16/h2-5,8-9,15,19,21H,6-7,10H2,1H3/t15-/m1/s1. The van der Waals surface area contributed by atoms with Crippen LogP contribution in [-0.2, 0) is 23.5 Å². The Morgan fingerprint density at radius 3 is 2.89 bits per heavy atom. The predicted octanol–water partition coefficient (Wildman–Crippen LogP) is 1.08. The third kappa shape index (κ3) is 3.25. The first kappa shape index (κ1) is 17.8. The lowest BCUT2D eigenvalue weighted by Gasteiger charge is -2.14. The number of benzene rings is 2. The van der Waals surface area contributed by atoms with Gasteiger partial charge in [-0.15, -0.1) is 0 Å². The molecule has 2 heterocycles. The fourth-order valence-corrected chi connectivity index (χ4v) is 4.14. The summed E-state index contributed by atoms with van der Waals surface area (Å²) in [6.07, 6.45) is -0.224. The summed E-state index contributed by atoms with van der Waals surface area (Å²) in [5.41, 5.74) is 2.30. The molecule has 0 amide bonds. The number of aryl methyl sites for hydroxylation is 1. The minimum atomic E-state index is -3.87. The maximum Gasteiger partial charge on any atom is 0.419 e. The first-order chi connectivity index (χ1) is 12.8. The van der Waals surface area contributed by atoms with Crippen molar-refractivity contribution >= 4 is 21.1 Å². The Bertz CT molecular complexity index is 1180. The van der Waals surface area contributed by atoms with Crippen LogP contribution in [0.4, 0.5) is 0 Å². The largest absolute Gasteiger partial charge is 0.493 e. The van der Waals surface area contributed by atoms with Crippen LogP contribution in [0.1, 0.15) is 17.2 Å². The molecule has 0 unspecified atom stereocenters. The van der Waals surface area contributed by atoms with Gasteiger partial charge in [0.2, 0.25) is 10.0 Å². The van der Waals surface area contributed by atoms with Crippen LogP contribution < -0.4 is 15.2 Å². The van der Waals surface area contributed by atoms with Gasteiger partial charge in [0.1, 0.15) is 5.75 Å². The first-order valence-electron chi connectivity index (χ1n) is 8.38. The SMILES string of the molecule is Cn1c(=O)oc2ccc(S(=O)(=O)NC[C@@H](O)c3ccc4c(c3)CCO4)cc21. The highest BCUT2D eigenvalue weighted by atomic mass is 32.2. The Kier molecular flexibility index (Phi) is 4.29. The van der Waals surface area contributed by atoms with Crippen LogP contribution in [0.25, 0.3) is 11.1 Å². The second-order valence-corrected chi connectivity index (χ2v) is 8.16. The third-order valence-electron chi connectivity index (χ3n) is 4.64. The van der Waals surface area contributed by atoms with E-state index in [4.69, 9.17) is 9.15 Å². The van der Waals surface area contributed by atoms with Crippen molar-refractivity contribution in [1.82, 2.24) is 9.29 Å². The van der Waals surface area contributed by atoms with Crippen LogP contribution in [0.5, 0.6) is 5.75 Å². The van der Waals surface area contributed by atoms with E-state index < -0.39 is 21.9 Å². The average Bonchev–Trinajstić information content (AvgIpc) is 3.23. The summed E-state index contributed by atoms with van der Waals surface area (Å²) in [5.74, 6) is 0.231. The summed E-state index contributed by atoms with van der Waals surface area (Å²) in [6.45, 7) is 0.435. The minimum absolute atomic E-state index is 0.0130. The van der Waals surface area contributed by atoms with Crippen molar-refractivity contribution in [2.45, 2.75) is 17.4 Å². The number of hydrogen-bond acceptors (Lipinski definition) is 6. The van der Waals surface area contributed by atoms with Gasteiger partial charge in [-0.3, -0.25) is 4.57 Å². The normalized spacial score (nSPS) is 14.9. The van der Waals surface area contributed by atoms with Crippen molar-refractivity contribution in [2.75, 3.05) is 13.2 Å². The van der Waals surface area contributed by atoms with E-state index >= 15 is 0 Å². The van der Waals surface area contributed by atoms with Gasteiger partial charge in [0.05, 0.1) is 23.1 Å². The molecule has 0 radical (unpaired) electrons. The smallest absolute Gasteiger partial charge is 0.419 e. The minimum Gasteiger partial charge on any atom is -0.493 e. The van der Waals surface area contributed by atoms with Crippen molar-refractivity contribution in [3.8, 4) is 5.75 Å². The zero-order valence-electron chi connectivity index (χ0n) is 14.5. The van der Waals surface area contributed by atoms with Crippen molar-refractivity contribution in [2.24, 2.45) is 7.05 Å². The van der Waals surface area contributed by atoms with Crippen molar-refractivity contribution in [1.29, 1.82) is 0 Å². The summed E-state index contributed by atoms with van der Waals surface area (Å²) < 4.78 is 39.2. The van der Waals surface area contributed by atoms with Crippen LogP contribution in [-0.4, -0.2) is 31.2 Å². The van der Waals surface area contributed by atoms with Gasteiger partial charge in [-0.2, -0.15) is 0 Å². The number of sulfonamides is 1. The molecule has 1 aliphatic heterocycles. The molecule has 27 heavy (non-hydrogen) atoms. The highest BCUT2D eigenvalue weighted by Crippen LogP contribution is 2.28. The number of hydrogen-bond donors (Lipinski definition) is 2. The van der Waals surface area contributed by atoms with E-state index in [0.717, 1.165) is 17.7 Å². The molecule has 9 heteroatoms.